The summed E-state index contributed by atoms with van der Waals surface area (Å²) < 4.78 is 5.91. The van der Waals surface area contributed by atoms with Gasteiger partial charge in [-0.15, -0.1) is 0 Å². The molecule has 0 N–H and O–H groups in total. The number of ether oxygens (including phenoxy) is 1. The van der Waals surface area contributed by atoms with Gasteiger partial charge in [-0.1, -0.05) is 56.7 Å². The smallest absolute Gasteiger partial charge is 0.260 e. The van der Waals surface area contributed by atoms with E-state index in [4.69, 9.17) is 4.74 Å². The number of rotatable bonds is 4. The molecule has 5 heteroatoms. The molecule has 0 spiro atoms. The molecule has 0 saturated carbocycles. The third-order valence-electron chi connectivity index (χ3n) is 5.23. The van der Waals surface area contributed by atoms with Crippen LogP contribution in [-0.4, -0.2) is 54.4 Å². The molecule has 2 amide bonds. The van der Waals surface area contributed by atoms with Crippen molar-refractivity contribution in [2.45, 2.75) is 33.1 Å². The van der Waals surface area contributed by atoms with Crippen LogP contribution in [0.1, 0.15) is 42.3 Å². The Morgan fingerprint density at radius 2 is 1.55 bits per heavy atom. The Hall–Kier alpha value is -2.82. The zero-order valence-electron chi connectivity index (χ0n) is 17.8. The first kappa shape index (κ1) is 20.9. The summed E-state index contributed by atoms with van der Waals surface area (Å²) in [6.45, 7) is 10.6. The van der Waals surface area contributed by atoms with Crippen molar-refractivity contribution < 1.29 is 14.3 Å². The first-order chi connectivity index (χ1) is 13.8. The Morgan fingerprint density at radius 3 is 2.17 bits per heavy atom. The van der Waals surface area contributed by atoms with Gasteiger partial charge in [-0.2, -0.15) is 0 Å². The minimum Gasteiger partial charge on any atom is -0.483 e. The van der Waals surface area contributed by atoms with Crippen molar-refractivity contribution in [2.24, 2.45) is 0 Å². The van der Waals surface area contributed by atoms with Crippen LogP contribution in [-0.2, 0) is 10.2 Å². The predicted octanol–water partition coefficient (Wildman–Crippen LogP) is 3.66. The van der Waals surface area contributed by atoms with E-state index in [1.807, 2.05) is 42.5 Å². The molecule has 1 fully saturated rings. The van der Waals surface area contributed by atoms with Crippen molar-refractivity contribution >= 4 is 11.8 Å². The molecule has 29 heavy (non-hydrogen) atoms. The van der Waals surface area contributed by atoms with E-state index in [0.29, 0.717) is 31.7 Å². The maximum Gasteiger partial charge on any atom is 0.260 e. The van der Waals surface area contributed by atoms with Crippen LogP contribution >= 0.6 is 0 Å². The Morgan fingerprint density at radius 1 is 0.931 bits per heavy atom. The van der Waals surface area contributed by atoms with Crippen molar-refractivity contribution in [3.63, 3.8) is 0 Å². The standard InChI is InChI=1S/C24H30N2O3/c1-18-10-11-21(20(16-18)24(2,3)4)29-17-22(27)25-12-14-26(15-13-25)23(28)19-8-6-5-7-9-19/h5-11,16H,12-15,17H2,1-4H3. The second-order valence-electron chi connectivity index (χ2n) is 8.58. The van der Waals surface area contributed by atoms with Gasteiger partial charge in [0.25, 0.3) is 11.8 Å². The number of nitrogens with zero attached hydrogens (tertiary/aromatic N) is 2. The molecule has 2 aromatic rings. The summed E-state index contributed by atoms with van der Waals surface area (Å²) in [6.07, 6.45) is 0. The first-order valence-corrected chi connectivity index (χ1v) is 10.1. The van der Waals surface area contributed by atoms with Crippen LogP contribution in [0.5, 0.6) is 5.75 Å². The third kappa shape index (κ3) is 5.17. The number of piperazine rings is 1. The molecule has 1 aliphatic heterocycles. The lowest BCUT2D eigenvalue weighted by Gasteiger charge is -2.35. The van der Waals surface area contributed by atoms with Crippen LogP contribution in [0.15, 0.2) is 48.5 Å². The van der Waals surface area contributed by atoms with E-state index in [1.54, 1.807) is 9.80 Å². The fourth-order valence-electron chi connectivity index (χ4n) is 3.51. The van der Waals surface area contributed by atoms with Gasteiger partial charge in [0.2, 0.25) is 0 Å². The largest absolute Gasteiger partial charge is 0.483 e. The van der Waals surface area contributed by atoms with Crippen LogP contribution in [0.3, 0.4) is 0 Å². The fourth-order valence-corrected chi connectivity index (χ4v) is 3.51. The van der Waals surface area contributed by atoms with Gasteiger partial charge in [0.1, 0.15) is 5.75 Å². The van der Waals surface area contributed by atoms with Crippen LogP contribution < -0.4 is 4.74 Å². The molecule has 154 valence electrons. The molecule has 5 nitrogen and oxygen atoms in total. The van der Waals surface area contributed by atoms with E-state index in [2.05, 4.69) is 33.8 Å². The van der Waals surface area contributed by atoms with Gasteiger partial charge in [-0.25, -0.2) is 0 Å². The predicted molar refractivity (Wildman–Crippen MR) is 114 cm³/mol. The van der Waals surface area contributed by atoms with Crippen molar-refractivity contribution in [1.82, 2.24) is 9.80 Å². The number of benzene rings is 2. The SMILES string of the molecule is Cc1ccc(OCC(=O)N2CCN(C(=O)c3ccccc3)CC2)c(C(C)(C)C)c1. The highest BCUT2D eigenvalue weighted by atomic mass is 16.5. The van der Waals surface area contributed by atoms with E-state index in [0.717, 1.165) is 11.3 Å². The summed E-state index contributed by atoms with van der Waals surface area (Å²) >= 11 is 0. The molecule has 0 radical (unpaired) electrons. The normalized spacial score (nSPS) is 14.6. The quantitative estimate of drug-likeness (QED) is 0.795. The summed E-state index contributed by atoms with van der Waals surface area (Å²) in [4.78, 5) is 28.8. The van der Waals surface area contributed by atoms with Gasteiger partial charge < -0.3 is 14.5 Å². The number of aryl methyl sites for hydroxylation is 1. The van der Waals surface area contributed by atoms with Gasteiger partial charge in [-0.3, -0.25) is 9.59 Å². The van der Waals surface area contributed by atoms with E-state index >= 15 is 0 Å². The monoisotopic (exact) mass is 394 g/mol. The average molecular weight is 395 g/mol. The number of hydrogen-bond acceptors (Lipinski definition) is 3. The molecule has 1 aliphatic rings. The van der Waals surface area contributed by atoms with E-state index in [9.17, 15) is 9.59 Å². The summed E-state index contributed by atoms with van der Waals surface area (Å²) in [5.41, 5.74) is 2.90. The zero-order chi connectivity index (χ0) is 21.0. The van der Waals surface area contributed by atoms with Crippen molar-refractivity contribution in [3.8, 4) is 5.75 Å². The molecule has 0 aromatic heterocycles. The van der Waals surface area contributed by atoms with Crippen LogP contribution in [0.4, 0.5) is 0 Å². The number of carbonyl (C=O) groups excluding carboxylic acids is 2. The number of hydrogen-bond donors (Lipinski definition) is 0. The maximum absolute atomic E-state index is 12.6. The molecule has 0 aliphatic carbocycles. The molecule has 1 saturated heterocycles. The molecule has 1 heterocycles. The van der Waals surface area contributed by atoms with E-state index < -0.39 is 0 Å². The highest BCUT2D eigenvalue weighted by molar-refractivity contribution is 5.94. The van der Waals surface area contributed by atoms with Gasteiger partial charge in [-0.05, 0) is 36.1 Å². The lowest BCUT2D eigenvalue weighted by Crippen LogP contribution is -2.51. The Bertz CT molecular complexity index is 863. The molecule has 2 aromatic carbocycles. The van der Waals surface area contributed by atoms with Crippen LogP contribution in [0.2, 0.25) is 0 Å². The van der Waals surface area contributed by atoms with Gasteiger partial charge in [0.05, 0.1) is 0 Å². The zero-order valence-corrected chi connectivity index (χ0v) is 17.8. The molecule has 0 atom stereocenters. The summed E-state index contributed by atoms with van der Waals surface area (Å²) in [6, 6.07) is 15.3. The van der Waals surface area contributed by atoms with E-state index in [-0.39, 0.29) is 23.8 Å². The Labute approximate surface area is 173 Å². The lowest BCUT2D eigenvalue weighted by atomic mass is 9.85. The molecule has 0 bridgehead atoms. The summed E-state index contributed by atoms with van der Waals surface area (Å²) in [7, 11) is 0. The van der Waals surface area contributed by atoms with Gasteiger partial charge in [0, 0.05) is 31.7 Å². The van der Waals surface area contributed by atoms with E-state index in [1.165, 1.54) is 5.56 Å². The van der Waals surface area contributed by atoms with Gasteiger partial charge >= 0.3 is 0 Å². The Balaban J connectivity index is 1.55. The second kappa shape index (κ2) is 8.68. The fraction of sp³-hybridized carbons (Fsp3) is 0.417. The highest BCUT2D eigenvalue weighted by Crippen LogP contribution is 2.32. The van der Waals surface area contributed by atoms with Crippen molar-refractivity contribution in [1.29, 1.82) is 0 Å². The molecular formula is C24H30N2O3. The first-order valence-electron chi connectivity index (χ1n) is 10.1. The van der Waals surface area contributed by atoms with Crippen molar-refractivity contribution in [3.05, 3.63) is 65.2 Å². The summed E-state index contributed by atoms with van der Waals surface area (Å²) in [5.74, 6) is 0.731. The van der Waals surface area contributed by atoms with Crippen molar-refractivity contribution in [2.75, 3.05) is 32.8 Å². The lowest BCUT2D eigenvalue weighted by molar-refractivity contribution is -0.134. The summed E-state index contributed by atoms with van der Waals surface area (Å²) in [5, 5.41) is 0. The molecule has 0 unspecified atom stereocenters. The third-order valence-corrected chi connectivity index (χ3v) is 5.23. The number of amides is 2. The Kier molecular flexibility index (Phi) is 6.26. The minimum atomic E-state index is -0.0617. The van der Waals surface area contributed by atoms with Crippen LogP contribution in [0, 0.1) is 6.92 Å². The maximum atomic E-state index is 12.6. The average Bonchev–Trinajstić information content (AvgIpc) is 2.72. The van der Waals surface area contributed by atoms with Crippen LogP contribution in [0.25, 0.3) is 0 Å². The van der Waals surface area contributed by atoms with Gasteiger partial charge in [0.15, 0.2) is 6.61 Å². The minimum absolute atomic E-state index is 0.0127. The topological polar surface area (TPSA) is 49.9 Å². The molecular weight excluding hydrogens is 364 g/mol. The highest BCUT2D eigenvalue weighted by Gasteiger charge is 2.26. The number of carbonyl (C=O) groups is 2. The molecule has 3 rings (SSSR count). The second-order valence-corrected chi connectivity index (χ2v) is 8.58.